The minimum Gasteiger partial charge on any atom is -0.465 e. The van der Waals surface area contributed by atoms with Crippen molar-refractivity contribution in [3.05, 3.63) is 41.5 Å². The highest BCUT2D eigenvalue weighted by molar-refractivity contribution is 5.90. The molecule has 0 amide bonds. The highest BCUT2D eigenvalue weighted by Gasteiger charge is 2.17. The van der Waals surface area contributed by atoms with Crippen LogP contribution in [0.4, 0.5) is 0 Å². The summed E-state index contributed by atoms with van der Waals surface area (Å²) in [5.74, 6) is 0.505. The number of hydrogen-bond donors (Lipinski definition) is 1. The van der Waals surface area contributed by atoms with Crippen LogP contribution in [0, 0.1) is 6.92 Å². The first-order valence-electron chi connectivity index (χ1n) is 6.76. The Morgan fingerprint density at radius 3 is 2.95 bits per heavy atom. The molecule has 0 unspecified atom stereocenters. The lowest BCUT2D eigenvalue weighted by atomic mass is 10.2. The third-order valence-electron chi connectivity index (χ3n) is 3.44. The van der Waals surface area contributed by atoms with Crippen molar-refractivity contribution >= 4 is 17.0 Å². The van der Waals surface area contributed by atoms with Gasteiger partial charge in [-0.1, -0.05) is 6.92 Å². The van der Waals surface area contributed by atoms with Gasteiger partial charge < -0.3 is 9.72 Å². The van der Waals surface area contributed by atoms with Gasteiger partial charge in [-0.25, -0.2) is 14.5 Å². The minimum absolute atomic E-state index is 0.364. The number of aromatic nitrogens is 4. The van der Waals surface area contributed by atoms with Crippen molar-refractivity contribution < 1.29 is 9.53 Å². The second-order valence-corrected chi connectivity index (χ2v) is 4.79. The largest absolute Gasteiger partial charge is 0.465 e. The summed E-state index contributed by atoms with van der Waals surface area (Å²) in [6.07, 6.45) is 2.23. The van der Waals surface area contributed by atoms with E-state index in [1.807, 2.05) is 32.0 Å². The molecule has 0 aliphatic rings. The fourth-order valence-corrected chi connectivity index (χ4v) is 2.47. The molecule has 3 rings (SSSR count). The van der Waals surface area contributed by atoms with E-state index >= 15 is 0 Å². The monoisotopic (exact) mass is 284 g/mol. The van der Waals surface area contributed by atoms with E-state index in [9.17, 15) is 4.79 Å². The Morgan fingerprint density at radius 1 is 1.43 bits per heavy atom. The normalized spacial score (nSPS) is 11.0. The van der Waals surface area contributed by atoms with Crippen molar-refractivity contribution in [2.75, 3.05) is 7.11 Å². The second-order valence-electron chi connectivity index (χ2n) is 4.79. The third kappa shape index (κ3) is 2.18. The smallest absolute Gasteiger partial charge is 0.341 e. The number of carbonyl (C=O) groups is 1. The molecule has 6 heteroatoms. The van der Waals surface area contributed by atoms with Crippen molar-refractivity contribution in [2.24, 2.45) is 0 Å². The van der Waals surface area contributed by atoms with Crippen molar-refractivity contribution in [2.45, 2.75) is 20.3 Å². The van der Waals surface area contributed by atoms with Gasteiger partial charge in [0.15, 0.2) is 0 Å². The minimum atomic E-state index is -0.364. The predicted molar refractivity (Wildman–Crippen MR) is 78.7 cm³/mol. The molecule has 0 aliphatic carbocycles. The molecule has 1 N–H and O–H groups in total. The van der Waals surface area contributed by atoms with Crippen molar-refractivity contribution in [3.8, 4) is 5.69 Å². The van der Waals surface area contributed by atoms with E-state index in [0.717, 1.165) is 28.2 Å². The van der Waals surface area contributed by atoms with Crippen LogP contribution in [0.2, 0.25) is 0 Å². The number of methoxy groups -OCH3 is 1. The Morgan fingerprint density at radius 2 is 2.24 bits per heavy atom. The summed E-state index contributed by atoms with van der Waals surface area (Å²) in [5, 5.41) is 4.32. The van der Waals surface area contributed by atoms with E-state index in [1.165, 1.54) is 7.11 Å². The molecule has 0 spiro atoms. The van der Waals surface area contributed by atoms with Crippen LogP contribution in [0.5, 0.6) is 0 Å². The number of nitrogens with zero attached hydrogens (tertiary/aromatic N) is 3. The summed E-state index contributed by atoms with van der Waals surface area (Å²) in [4.78, 5) is 19.3. The number of H-pyrrole nitrogens is 1. The van der Waals surface area contributed by atoms with Crippen LogP contribution >= 0.6 is 0 Å². The fraction of sp³-hybridized carbons (Fsp3) is 0.267. The molecule has 21 heavy (non-hydrogen) atoms. The molecule has 0 saturated heterocycles. The number of aryl methyl sites for hydroxylation is 1. The molecule has 0 saturated carbocycles. The summed E-state index contributed by atoms with van der Waals surface area (Å²) in [6.45, 7) is 3.90. The maximum Gasteiger partial charge on any atom is 0.341 e. The lowest BCUT2D eigenvalue weighted by Crippen LogP contribution is -2.07. The van der Waals surface area contributed by atoms with E-state index in [-0.39, 0.29) is 5.97 Å². The van der Waals surface area contributed by atoms with Gasteiger partial charge in [0, 0.05) is 0 Å². The molecule has 0 radical (unpaired) electrons. The number of hydrogen-bond acceptors (Lipinski definition) is 4. The number of fused-ring (bicyclic) bond motifs is 1. The molecule has 3 aromatic rings. The first-order valence-corrected chi connectivity index (χ1v) is 6.76. The van der Waals surface area contributed by atoms with Gasteiger partial charge in [-0.15, -0.1) is 0 Å². The van der Waals surface area contributed by atoms with Crippen LogP contribution in [-0.4, -0.2) is 32.8 Å². The SMILES string of the molecule is CCc1c(C(=O)OC)cnn1-c1ccc2nc(C)[nH]c2c1. The number of nitrogens with one attached hydrogen (secondary N) is 1. The molecule has 0 fully saturated rings. The first-order chi connectivity index (χ1) is 10.1. The van der Waals surface area contributed by atoms with Crippen LogP contribution in [0.25, 0.3) is 16.7 Å². The number of benzene rings is 1. The fourth-order valence-electron chi connectivity index (χ4n) is 2.47. The molecule has 0 atom stereocenters. The predicted octanol–water partition coefficient (Wildman–Crippen LogP) is 2.41. The molecule has 1 aromatic carbocycles. The van der Waals surface area contributed by atoms with Gasteiger partial charge in [0.1, 0.15) is 11.4 Å². The lowest BCUT2D eigenvalue weighted by Gasteiger charge is -2.07. The van der Waals surface area contributed by atoms with E-state index in [4.69, 9.17) is 4.74 Å². The quantitative estimate of drug-likeness (QED) is 0.750. The maximum atomic E-state index is 11.8. The zero-order valence-corrected chi connectivity index (χ0v) is 12.2. The van der Waals surface area contributed by atoms with Crippen molar-refractivity contribution in [1.82, 2.24) is 19.7 Å². The molecule has 0 aliphatic heterocycles. The standard InChI is InChI=1S/C15H16N4O2/c1-4-14-11(15(20)21-3)8-16-19(14)10-5-6-12-13(7-10)18-9(2)17-12/h5-8H,4H2,1-3H3,(H,17,18). The highest BCUT2D eigenvalue weighted by atomic mass is 16.5. The van der Waals surface area contributed by atoms with Gasteiger partial charge >= 0.3 is 5.97 Å². The number of imidazole rings is 1. The van der Waals surface area contributed by atoms with Gasteiger partial charge in [0.05, 0.1) is 35.7 Å². The number of rotatable bonds is 3. The van der Waals surface area contributed by atoms with Gasteiger partial charge in [0.25, 0.3) is 0 Å². The number of aromatic amines is 1. The van der Waals surface area contributed by atoms with Gasteiger partial charge in [-0.05, 0) is 31.5 Å². The van der Waals surface area contributed by atoms with Crippen LogP contribution in [0.3, 0.4) is 0 Å². The Balaban J connectivity index is 2.13. The Kier molecular flexibility index (Phi) is 3.21. The zero-order chi connectivity index (χ0) is 15.0. The maximum absolute atomic E-state index is 11.8. The summed E-state index contributed by atoms with van der Waals surface area (Å²) in [7, 11) is 1.37. The average molecular weight is 284 g/mol. The van der Waals surface area contributed by atoms with E-state index in [0.29, 0.717) is 12.0 Å². The number of carbonyl (C=O) groups excluding carboxylic acids is 1. The topological polar surface area (TPSA) is 72.8 Å². The highest BCUT2D eigenvalue weighted by Crippen LogP contribution is 2.20. The van der Waals surface area contributed by atoms with Crippen molar-refractivity contribution in [3.63, 3.8) is 0 Å². The first kappa shape index (κ1) is 13.4. The summed E-state index contributed by atoms with van der Waals surface area (Å²) < 4.78 is 6.56. The van der Waals surface area contributed by atoms with E-state index < -0.39 is 0 Å². The Bertz CT molecular complexity index is 816. The Labute approximate surface area is 121 Å². The van der Waals surface area contributed by atoms with Crippen molar-refractivity contribution in [1.29, 1.82) is 0 Å². The molecular weight excluding hydrogens is 268 g/mol. The van der Waals surface area contributed by atoms with Crippen LogP contribution in [0.1, 0.15) is 28.8 Å². The summed E-state index contributed by atoms with van der Waals surface area (Å²) in [5.41, 5.74) is 4.08. The van der Waals surface area contributed by atoms with Gasteiger partial charge in [-0.3, -0.25) is 0 Å². The molecule has 108 valence electrons. The molecular formula is C15H16N4O2. The molecule has 6 nitrogen and oxygen atoms in total. The van der Waals surface area contributed by atoms with Crippen LogP contribution < -0.4 is 0 Å². The summed E-state index contributed by atoms with van der Waals surface area (Å²) >= 11 is 0. The van der Waals surface area contributed by atoms with E-state index in [2.05, 4.69) is 15.1 Å². The zero-order valence-electron chi connectivity index (χ0n) is 12.2. The molecule has 2 heterocycles. The van der Waals surface area contributed by atoms with Crippen LogP contribution in [-0.2, 0) is 11.2 Å². The second kappa shape index (κ2) is 5.05. The Hall–Kier alpha value is -2.63. The third-order valence-corrected chi connectivity index (χ3v) is 3.44. The number of ether oxygens (including phenoxy) is 1. The van der Waals surface area contributed by atoms with Gasteiger partial charge in [0.2, 0.25) is 0 Å². The molecule has 0 bridgehead atoms. The molecule has 2 aromatic heterocycles. The number of esters is 1. The van der Waals surface area contributed by atoms with Crippen LogP contribution in [0.15, 0.2) is 24.4 Å². The summed E-state index contributed by atoms with van der Waals surface area (Å²) in [6, 6.07) is 5.85. The average Bonchev–Trinajstić information content (AvgIpc) is 3.07. The van der Waals surface area contributed by atoms with Gasteiger partial charge in [-0.2, -0.15) is 5.10 Å². The lowest BCUT2D eigenvalue weighted by molar-refractivity contribution is 0.0599. The van der Waals surface area contributed by atoms with E-state index in [1.54, 1.807) is 10.9 Å².